The molecule has 0 saturated carbocycles. The maximum Gasteiger partial charge on any atom is 0.292 e. The van der Waals surface area contributed by atoms with Gasteiger partial charge < -0.3 is 14.6 Å². The Morgan fingerprint density at radius 3 is 2.50 bits per heavy atom. The Kier molecular flexibility index (Phi) is 4.56. The largest absolute Gasteiger partial charge is 0.497 e. The van der Waals surface area contributed by atoms with Gasteiger partial charge in [-0.05, 0) is 36.8 Å². The van der Waals surface area contributed by atoms with Gasteiger partial charge in [0.05, 0.1) is 7.11 Å². The van der Waals surface area contributed by atoms with Crippen LogP contribution in [0, 0.1) is 6.92 Å². The van der Waals surface area contributed by atoms with E-state index in [1.165, 1.54) is 0 Å². The minimum atomic E-state index is -0.382. The van der Waals surface area contributed by atoms with E-state index in [-0.39, 0.29) is 11.7 Å². The predicted octanol–water partition coefficient (Wildman–Crippen LogP) is 2.98. The standard InChI is InChI=1S/C18H17N3O3/c1-12-3-7-14(8-4-12)18-20-16(21-24-18)17(22)19-11-13-5-9-15(23-2)10-6-13/h3-10H,11H2,1-2H3,(H,19,22). The second-order valence-electron chi connectivity index (χ2n) is 5.32. The van der Waals surface area contributed by atoms with E-state index in [4.69, 9.17) is 9.26 Å². The number of amides is 1. The van der Waals surface area contributed by atoms with Gasteiger partial charge in [-0.3, -0.25) is 4.79 Å². The van der Waals surface area contributed by atoms with Crippen molar-refractivity contribution in [2.75, 3.05) is 7.11 Å². The number of nitrogens with zero attached hydrogens (tertiary/aromatic N) is 2. The van der Waals surface area contributed by atoms with Gasteiger partial charge in [-0.25, -0.2) is 0 Å². The van der Waals surface area contributed by atoms with Crippen LogP contribution in [-0.4, -0.2) is 23.2 Å². The summed E-state index contributed by atoms with van der Waals surface area (Å²) in [6.45, 7) is 2.37. The summed E-state index contributed by atoms with van der Waals surface area (Å²) < 4.78 is 10.3. The SMILES string of the molecule is COc1ccc(CNC(=O)c2noc(-c3ccc(C)cc3)n2)cc1. The van der Waals surface area contributed by atoms with Gasteiger partial charge in [0.15, 0.2) is 0 Å². The molecule has 0 saturated heterocycles. The number of rotatable bonds is 5. The van der Waals surface area contributed by atoms with Crippen molar-refractivity contribution in [3.63, 3.8) is 0 Å². The lowest BCUT2D eigenvalue weighted by atomic mass is 10.1. The molecule has 122 valence electrons. The summed E-state index contributed by atoms with van der Waals surface area (Å²) in [7, 11) is 1.61. The first-order valence-corrected chi connectivity index (χ1v) is 7.47. The first-order chi connectivity index (χ1) is 11.7. The van der Waals surface area contributed by atoms with Crippen LogP contribution < -0.4 is 10.1 Å². The zero-order valence-corrected chi connectivity index (χ0v) is 13.4. The fourth-order valence-corrected chi connectivity index (χ4v) is 2.13. The van der Waals surface area contributed by atoms with Crippen LogP contribution in [0.1, 0.15) is 21.7 Å². The number of hydrogen-bond donors (Lipinski definition) is 1. The molecule has 0 aliphatic heterocycles. The van der Waals surface area contributed by atoms with Gasteiger partial charge in [-0.2, -0.15) is 4.98 Å². The Balaban J connectivity index is 1.64. The van der Waals surface area contributed by atoms with Crippen LogP contribution >= 0.6 is 0 Å². The van der Waals surface area contributed by atoms with E-state index in [2.05, 4.69) is 15.5 Å². The Bertz CT molecular complexity index is 823. The summed E-state index contributed by atoms with van der Waals surface area (Å²) in [6, 6.07) is 15.1. The van der Waals surface area contributed by atoms with Crippen LogP contribution in [0.5, 0.6) is 5.75 Å². The number of benzene rings is 2. The number of ether oxygens (including phenoxy) is 1. The van der Waals surface area contributed by atoms with Gasteiger partial charge in [0, 0.05) is 12.1 Å². The maximum absolute atomic E-state index is 12.1. The number of aryl methyl sites for hydroxylation is 1. The Morgan fingerprint density at radius 2 is 1.83 bits per heavy atom. The molecule has 3 aromatic rings. The van der Waals surface area contributed by atoms with E-state index >= 15 is 0 Å². The monoisotopic (exact) mass is 323 g/mol. The second kappa shape index (κ2) is 6.95. The number of aromatic nitrogens is 2. The van der Waals surface area contributed by atoms with Crippen molar-refractivity contribution in [1.82, 2.24) is 15.5 Å². The van der Waals surface area contributed by atoms with E-state index in [1.54, 1.807) is 7.11 Å². The van der Waals surface area contributed by atoms with Crippen molar-refractivity contribution < 1.29 is 14.1 Å². The fourth-order valence-electron chi connectivity index (χ4n) is 2.13. The summed E-state index contributed by atoms with van der Waals surface area (Å²) in [5, 5.41) is 6.50. The van der Waals surface area contributed by atoms with Crippen molar-refractivity contribution in [3.8, 4) is 17.2 Å². The molecule has 1 N–H and O–H groups in total. The molecule has 0 aliphatic carbocycles. The third kappa shape index (κ3) is 3.60. The minimum absolute atomic E-state index is 0.0130. The molecule has 0 unspecified atom stereocenters. The fraction of sp³-hybridized carbons (Fsp3) is 0.167. The van der Waals surface area contributed by atoms with E-state index in [1.807, 2.05) is 55.5 Å². The molecule has 0 aliphatic rings. The highest BCUT2D eigenvalue weighted by Gasteiger charge is 2.15. The third-order valence-corrected chi connectivity index (χ3v) is 3.54. The highest BCUT2D eigenvalue weighted by Crippen LogP contribution is 2.17. The van der Waals surface area contributed by atoms with Crippen LogP contribution in [0.4, 0.5) is 0 Å². The first-order valence-electron chi connectivity index (χ1n) is 7.47. The third-order valence-electron chi connectivity index (χ3n) is 3.54. The van der Waals surface area contributed by atoms with Crippen LogP contribution in [0.15, 0.2) is 53.1 Å². The molecule has 2 aromatic carbocycles. The molecule has 3 rings (SSSR count). The van der Waals surface area contributed by atoms with Crippen LogP contribution in [0.2, 0.25) is 0 Å². The van der Waals surface area contributed by atoms with Crippen LogP contribution in [0.3, 0.4) is 0 Å². The lowest BCUT2D eigenvalue weighted by molar-refractivity contribution is 0.0937. The van der Waals surface area contributed by atoms with Gasteiger partial charge in [-0.1, -0.05) is 35.0 Å². The van der Waals surface area contributed by atoms with E-state index < -0.39 is 0 Å². The summed E-state index contributed by atoms with van der Waals surface area (Å²) in [5.41, 5.74) is 2.87. The number of carbonyl (C=O) groups excluding carboxylic acids is 1. The van der Waals surface area contributed by atoms with Gasteiger partial charge in [-0.15, -0.1) is 0 Å². The first kappa shape index (κ1) is 15.7. The maximum atomic E-state index is 12.1. The van der Waals surface area contributed by atoms with E-state index in [9.17, 15) is 4.79 Å². The molecule has 0 fully saturated rings. The zero-order valence-electron chi connectivity index (χ0n) is 13.4. The van der Waals surface area contributed by atoms with Crippen LogP contribution in [-0.2, 0) is 6.54 Å². The normalized spacial score (nSPS) is 10.4. The number of hydrogen-bond acceptors (Lipinski definition) is 5. The van der Waals surface area contributed by atoms with Gasteiger partial charge in [0.25, 0.3) is 17.6 Å². The van der Waals surface area contributed by atoms with Crippen molar-refractivity contribution in [2.45, 2.75) is 13.5 Å². The summed E-state index contributed by atoms with van der Waals surface area (Å²) in [4.78, 5) is 16.3. The van der Waals surface area contributed by atoms with Gasteiger partial charge in [0.1, 0.15) is 5.75 Å². The number of methoxy groups -OCH3 is 1. The molecule has 0 radical (unpaired) electrons. The molecule has 0 atom stereocenters. The molecule has 0 spiro atoms. The number of nitrogens with one attached hydrogen (secondary N) is 1. The second-order valence-corrected chi connectivity index (χ2v) is 5.32. The highest BCUT2D eigenvalue weighted by atomic mass is 16.5. The molecule has 24 heavy (non-hydrogen) atoms. The minimum Gasteiger partial charge on any atom is -0.497 e. The molecule has 6 heteroatoms. The van der Waals surface area contributed by atoms with Crippen molar-refractivity contribution in [1.29, 1.82) is 0 Å². The zero-order chi connectivity index (χ0) is 16.9. The average molecular weight is 323 g/mol. The molecule has 6 nitrogen and oxygen atoms in total. The molecule has 1 heterocycles. The summed E-state index contributed by atoms with van der Waals surface area (Å²) >= 11 is 0. The smallest absolute Gasteiger partial charge is 0.292 e. The summed E-state index contributed by atoms with van der Waals surface area (Å²) in [6.07, 6.45) is 0. The van der Waals surface area contributed by atoms with Gasteiger partial charge >= 0.3 is 0 Å². The lowest BCUT2D eigenvalue weighted by Gasteiger charge is -2.04. The molecular formula is C18H17N3O3. The molecule has 1 aromatic heterocycles. The van der Waals surface area contributed by atoms with Crippen LogP contribution in [0.25, 0.3) is 11.5 Å². The Labute approximate surface area is 139 Å². The Morgan fingerprint density at radius 1 is 1.12 bits per heavy atom. The van der Waals surface area contributed by atoms with Crippen molar-refractivity contribution in [2.24, 2.45) is 0 Å². The van der Waals surface area contributed by atoms with Gasteiger partial charge in [0.2, 0.25) is 0 Å². The van der Waals surface area contributed by atoms with E-state index in [0.29, 0.717) is 12.4 Å². The average Bonchev–Trinajstić information content (AvgIpc) is 3.11. The molecule has 0 bridgehead atoms. The number of carbonyl (C=O) groups is 1. The summed E-state index contributed by atoms with van der Waals surface area (Å²) in [5.74, 6) is 0.725. The lowest BCUT2D eigenvalue weighted by Crippen LogP contribution is -2.23. The topological polar surface area (TPSA) is 77.2 Å². The van der Waals surface area contributed by atoms with E-state index in [0.717, 1.165) is 22.4 Å². The molecule has 1 amide bonds. The Hall–Kier alpha value is -3.15. The quantitative estimate of drug-likeness (QED) is 0.781. The highest BCUT2D eigenvalue weighted by molar-refractivity contribution is 5.90. The van der Waals surface area contributed by atoms with Crippen molar-refractivity contribution >= 4 is 5.91 Å². The predicted molar refractivity (Wildman–Crippen MR) is 88.6 cm³/mol. The molecular weight excluding hydrogens is 306 g/mol. The van der Waals surface area contributed by atoms with Crippen molar-refractivity contribution in [3.05, 3.63) is 65.5 Å².